The number of allylic oxidation sites excluding steroid dienone is 6. The van der Waals surface area contributed by atoms with Crippen LogP contribution in [0.1, 0.15) is 26.2 Å². The number of hydrogen-bond donors (Lipinski definition) is 1. The van der Waals surface area contributed by atoms with E-state index in [0.29, 0.717) is 29.9 Å². The molecule has 0 aromatic rings. The van der Waals surface area contributed by atoms with Crippen molar-refractivity contribution in [1.29, 1.82) is 0 Å². The molecular formula is C15H15ClO4. The van der Waals surface area contributed by atoms with Crippen molar-refractivity contribution in [1.82, 2.24) is 0 Å². The Balaban J connectivity index is 2.37. The van der Waals surface area contributed by atoms with E-state index >= 15 is 0 Å². The number of Topliss-reactive ketones (excluding diaryl/α,β-unsaturated/α-hetero) is 2. The Morgan fingerprint density at radius 3 is 2.75 bits per heavy atom. The maximum absolute atomic E-state index is 12.5. The van der Waals surface area contributed by atoms with E-state index in [1.807, 2.05) is 6.08 Å². The Morgan fingerprint density at radius 1 is 1.45 bits per heavy atom. The highest BCUT2D eigenvalue weighted by molar-refractivity contribution is 6.32. The van der Waals surface area contributed by atoms with Crippen molar-refractivity contribution in [3.05, 3.63) is 34.4 Å². The van der Waals surface area contributed by atoms with Gasteiger partial charge >= 0.3 is 5.97 Å². The summed E-state index contributed by atoms with van der Waals surface area (Å²) in [5.41, 5.74) is 1.44. The summed E-state index contributed by atoms with van der Waals surface area (Å²) in [6.07, 6.45) is 6.84. The van der Waals surface area contributed by atoms with Gasteiger partial charge < -0.3 is 5.11 Å². The smallest absolute Gasteiger partial charge is 0.314 e. The molecule has 2 rings (SSSR count). The Hall–Kier alpha value is -1.68. The SMILES string of the molecule is CC(=O)C(C(=O)O)C1CCC2=C(C=C(Cl)C=CC2)C1=O. The normalized spacial score (nSPS) is 23.8. The monoisotopic (exact) mass is 294 g/mol. The number of aliphatic carboxylic acids is 1. The second kappa shape index (κ2) is 5.75. The topological polar surface area (TPSA) is 71.4 Å². The van der Waals surface area contributed by atoms with Gasteiger partial charge in [-0.2, -0.15) is 0 Å². The van der Waals surface area contributed by atoms with E-state index in [-0.39, 0.29) is 5.78 Å². The molecule has 1 N–H and O–H groups in total. The van der Waals surface area contributed by atoms with Crippen LogP contribution in [0.4, 0.5) is 0 Å². The van der Waals surface area contributed by atoms with Gasteiger partial charge in [0.15, 0.2) is 5.78 Å². The maximum atomic E-state index is 12.5. The Kier molecular flexibility index (Phi) is 4.23. The lowest BCUT2D eigenvalue weighted by molar-refractivity contribution is -0.150. The highest BCUT2D eigenvalue weighted by Crippen LogP contribution is 2.36. The van der Waals surface area contributed by atoms with Crippen molar-refractivity contribution in [3.63, 3.8) is 0 Å². The van der Waals surface area contributed by atoms with Gasteiger partial charge in [0.05, 0.1) is 0 Å². The Bertz CT molecular complexity index is 554. The van der Waals surface area contributed by atoms with Crippen molar-refractivity contribution in [2.45, 2.75) is 26.2 Å². The molecule has 2 atom stereocenters. The number of hydrogen-bond acceptors (Lipinski definition) is 3. The first-order valence-corrected chi connectivity index (χ1v) is 6.83. The van der Waals surface area contributed by atoms with Crippen LogP contribution < -0.4 is 0 Å². The molecule has 0 aliphatic heterocycles. The van der Waals surface area contributed by atoms with Gasteiger partial charge in [-0.25, -0.2) is 0 Å². The molecule has 0 spiro atoms. The van der Waals surface area contributed by atoms with E-state index in [1.54, 1.807) is 12.2 Å². The standard InChI is InChI=1S/C15H15ClO4/c1-8(17)13(15(19)20)11-6-5-9-3-2-4-10(16)7-12(9)14(11)18/h2,4,7,11,13H,3,5-6H2,1H3,(H,19,20). The molecule has 0 heterocycles. The van der Waals surface area contributed by atoms with Crippen molar-refractivity contribution < 1.29 is 19.5 Å². The lowest BCUT2D eigenvalue weighted by Crippen LogP contribution is -2.37. The molecular weight excluding hydrogens is 280 g/mol. The number of carbonyl (C=O) groups excluding carboxylic acids is 2. The molecule has 0 amide bonds. The van der Waals surface area contributed by atoms with Crippen molar-refractivity contribution in [2.75, 3.05) is 0 Å². The zero-order valence-corrected chi connectivity index (χ0v) is 11.8. The summed E-state index contributed by atoms with van der Waals surface area (Å²) >= 11 is 5.96. The lowest BCUT2D eigenvalue weighted by atomic mass is 9.74. The summed E-state index contributed by atoms with van der Waals surface area (Å²) in [7, 11) is 0. The highest BCUT2D eigenvalue weighted by Gasteiger charge is 2.40. The van der Waals surface area contributed by atoms with Gasteiger partial charge in [0.1, 0.15) is 11.7 Å². The molecule has 0 bridgehead atoms. The maximum Gasteiger partial charge on any atom is 0.314 e. The summed E-state index contributed by atoms with van der Waals surface area (Å²) in [6, 6.07) is 0. The molecule has 0 aromatic carbocycles. The first-order valence-electron chi connectivity index (χ1n) is 6.45. The number of ketones is 2. The second-order valence-electron chi connectivity index (χ2n) is 5.09. The quantitative estimate of drug-likeness (QED) is 0.812. The average Bonchev–Trinajstić information content (AvgIpc) is 2.53. The molecule has 2 unspecified atom stereocenters. The van der Waals surface area contributed by atoms with Crippen LogP contribution in [0.5, 0.6) is 0 Å². The molecule has 0 radical (unpaired) electrons. The third kappa shape index (κ3) is 2.75. The predicted octanol–water partition coefficient (Wildman–Crippen LogP) is 2.63. The minimum atomic E-state index is -1.26. The van der Waals surface area contributed by atoms with Crippen LogP contribution in [0.15, 0.2) is 34.4 Å². The molecule has 0 fully saturated rings. The van der Waals surface area contributed by atoms with E-state index in [1.165, 1.54) is 6.92 Å². The summed E-state index contributed by atoms with van der Waals surface area (Å²) in [5, 5.41) is 9.62. The van der Waals surface area contributed by atoms with Gasteiger partial charge in [0.2, 0.25) is 0 Å². The molecule has 20 heavy (non-hydrogen) atoms. The number of carboxylic acids is 1. The molecule has 106 valence electrons. The molecule has 0 aromatic heterocycles. The van der Waals surface area contributed by atoms with E-state index in [9.17, 15) is 19.5 Å². The zero-order valence-electron chi connectivity index (χ0n) is 11.1. The van der Waals surface area contributed by atoms with Gasteiger partial charge in [-0.05, 0) is 38.3 Å². The van der Waals surface area contributed by atoms with Crippen LogP contribution in [-0.2, 0) is 14.4 Å². The van der Waals surface area contributed by atoms with Crippen molar-refractivity contribution in [3.8, 4) is 0 Å². The van der Waals surface area contributed by atoms with E-state index in [2.05, 4.69) is 0 Å². The first kappa shape index (κ1) is 14.7. The number of halogens is 1. The fraction of sp³-hybridized carbons (Fsp3) is 0.400. The van der Waals surface area contributed by atoms with Crippen LogP contribution >= 0.6 is 11.6 Å². The van der Waals surface area contributed by atoms with Gasteiger partial charge in [-0.15, -0.1) is 0 Å². The summed E-state index contributed by atoms with van der Waals surface area (Å²) in [5.74, 6) is -4.05. The number of carboxylic acid groups (broad SMARTS) is 1. The van der Waals surface area contributed by atoms with Crippen molar-refractivity contribution >= 4 is 29.1 Å². The fourth-order valence-corrected chi connectivity index (χ4v) is 3.00. The van der Waals surface area contributed by atoms with Crippen molar-refractivity contribution in [2.24, 2.45) is 11.8 Å². The number of rotatable bonds is 3. The Morgan fingerprint density at radius 2 is 2.15 bits per heavy atom. The highest BCUT2D eigenvalue weighted by atomic mass is 35.5. The van der Waals surface area contributed by atoms with Crippen LogP contribution in [0.25, 0.3) is 0 Å². The largest absolute Gasteiger partial charge is 0.481 e. The Labute approximate surface area is 121 Å². The minimum absolute atomic E-state index is 0.282. The van der Waals surface area contributed by atoms with Gasteiger partial charge in [-0.1, -0.05) is 23.3 Å². The predicted molar refractivity (Wildman–Crippen MR) is 74.3 cm³/mol. The third-order valence-corrected chi connectivity index (χ3v) is 4.01. The average molecular weight is 295 g/mol. The molecule has 0 saturated carbocycles. The van der Waals surface area contributed by atoms with Crippen LogP contribution in [0, 0.1) is 11.8 Å². The van der Waals surface area contributed by atoms with Gasteiger partial charge in [0, 0.05) is 16.5 Å². The molecule has 0 saturated heterocycles. The zero-order chi connectivity index (χ0) is 14.9. The minimum Gasteiger partial charge on any atom is -0.481 e. The van der Waals surface area contributed by atoms with Crippen LogP contribution in [0.2, 0.25) is 0 Å². The van der Waals surface area contributed by atoms with Gasteiger partial charge in [-0.3, -0.25) is 14.4 Å². The lowest BCUT2D eigenvalue weighted by Gasteiger charge is -2.27. The van der Waals surface area contributed by atoms with E-state index < -0.39 is 23.6 Å². The molecule has 2 aliphatic rings. The second-order valence-corrected chi connectivity index (χ2v) is 5.53. The summed E-state index contributed by atoms with van der Waals surface area (Å²) in [4.78, 5) is 35.3. The number of carbonyl (C=O) groups is 3. The third-order valence-electron chi connectivity index (χ3n) is 3.77. The molecule has 4 nitrogen and oxygen atoms in total. The van der Waals surface area contributed by atoms with E-state index in [0.717, 1.165) is 5.57 Å². The van der Waals surface area contributed by atoms with E-state index in [4.69, 9.17) is 11.6 Å². The molecule has 5 heteroatoms. The van der Waals surface area contributed by atoms with Gasteiger partial charge in [0.25, 0.3) is 0 Å². The van der Waals surface area contributed by atoms with Crippen LogP contribution in [0.3, 0.4) is 0 Å². The molecule has 2 aliphatic carbocycles. The first-order chi connectivity index (χ1) is 9.41. The summed E-state index contributed by atoms with van der Waals surface area (Å²) < 4.78 is 0. The fourth-order valence-electron chi connectivity index (χ4n) is 2.80. The van der Waals surface area contributed by atoms with Crippen LogP contribution in [-0.4, -0.2) is 22.6 Å². The summed E-state index contributed by atoms with van der Waals surface area (Å²) in [6.45, 7) is 1.22.